The van der Waals surface area contributed by atoms with Crippen LogP contribution in [-0.2, 0) is 14.3 Å². The van der Waals surface area contributed by atoms with Gasteiger partial charge in [0, 0.05) is 12.8 Å². The number of unbranched alkanes of at least 4 members (excludes halogenated alkanes) is 38. The van der Waals surface area contributed by atoms with Gasteiger partial charge in [0.05, 0.1) is 25.4 Å². The summed E-state index contributed by atoms with van der Waals surface area (Å²) in [6.07, 6.45) is 53.6. The zero-order valence-corrected chi connectivity index (χ0v) is 39.3. The maximum absolute atomic E-state index is 12.5. The standard InChI is InChI=1S/C52H103NO5/c1-3-5-7-9-11-13-15-17-18-19-20-21-22-24-25-28-32-36-40-44-50(55)49(48-54)53-51(56)45-41-37-33-29-27-31-35-39-43-47-58-52(57)46-42-38-34-30-26-23-16-14-12-10-8-6-4-2/h49-50,54-55H,3-48H2,1-2H3,(H,53,56). The van der Waals surface area contributed by atoms with Crippen molar-refractivity contribution in [2.24, 2.45) is 0 Å². The van der Waals surface area contributed by atoms with Crippen LogP contribution in [0.2, 0.25) is 0 Å². The maximum Gasteiger partial charge on any atom is 0.305 e. The number of carbonyl (C=O) groups is 2. The highest BCUT2D eigenvalue weighted by atomic mass is 16.5. The molecule has 346 valence electrons. The molecule has 3 N–H and O–H groups in total. The number of aliphatic hydroxyl groups is 2. The first kappa shape index (κ1) is 56.9. The van der Waals surface area contributed by atoms with Gasteiger partial charge in [-0.25, -0.2) is 0 Å². The van der Waals surface area contributed by atoms with E-state index >= 15 is 0 Å². The lowest BCUT2D eigenvalue weighted by atomic mass is 10.0. The van der Waals surface area contributed by atoms with Crippen LogP contribution in [0.15, 0.2) is 0 Å². The van der Waals surface area contributed by atoms with Crippen molar-refractivity contribution in [3.05, 3.63) is 0 Å². The number of esters is 1. The van der Waals surface area contributed by atoms with Gasteiger partial charge in [0.25, 0.3) is 0 Å². The molecule has 0 aliphatic carbocycles. The van der Waals surface area contributed by atoms with Gasteiger partial charge in [-0.05, 0) is 25.7 Å². The highest BCUT2D eigenvalue weighted by Crippen LogP contribution is 2.17. The van der Waals surface area contributed by atoms with Crippen LogP contribution < -0.4 is 5.32 Å². The maximum atomic E-state index is 12.5. The molecule has 0 radical (unpaired) electrons. The van der Waals surface area contributed by atoms with E-state index in [-0.39, 0.29) is 18.5 Å². The van der Waals surface area contributed by atoms with E-state index in [2.05, 4.69) is 19.2 Å². The number of aliphatic hydroxyl groups excluding tert-OH is 2. The van der Waals surface area contributed by atoms with E-state index in [9.17, 15) is 19.8 Å². The normalized spacial score (nSPS) is 12.6. The molecule has 2 atom stereocenters. The van der Waals surface area contributed by atoms with Crippen molar-refractivity contribution in [3.8, 4) is 0 Å². The molecular weight excluding hydrogens is 719 g/mol. The van der Waals surface area contributed by atoms with Crippen molar-refractivity contribution in [2.45, 2.75) is 309 Å². The summed E-state index contributed by atoms with van der Waals surface area (Å²) in [5, 5.41) is 23.3. The van der Waals surface area contributed by atoms with Gasteiger partial charge < -0.3 is 20.3 Å². The molecule has 0 spiro atoms. The monoisotopic (exact) mass is 822 g/mol. The van der Waals surface area contributed by atoms with Gasteiger partial charge in [0.1, 0.15) is 0 Å². The first-order chi connectivity index (χ1) is 28.5. The minimum Gasteiger partial charge on any atom is -0.466 e. The van der Waals surface area contributed by atoms with E-state index in [1.54, 1.807) is 0 Å². The van der Waals surface area contributed by atoms with Crippen molar-refractivity contribution in [1.82, 2.24) is 5.32 Å². The lowest BCUT2D eigenvalue weighted by Gasteiger charge is -2.22. The number of hydrogen-bond donors (Lipinski definition) is 3. The Bertz CT molecular complexity index is 822. The third-order valence-electron chi connectivity index (χ3n) is 12.4. The first-order valence-electron chi connectivity index (χ1n) is 26.3. The number of nitrogens with one attached hydrogen (secondary N) is 1. The van der Waals surface area contributed by atoms with E-state index in [0.717, 1.165) is 57.8 Å². The number of amides is 1. The van der Waals surface area contributed by atoms with Crippen LogP contribution in [0.25, 0.3) is 0 Å². The van der Waals surface area contributed by atoms with E-state index in [4.69, 9.17) is 4.74 Å². The van der Waals surface area contributed by atoms with Crippen LogP contribution in [0.5, 0.6) is 0 Å². The van der Waals surface area contributed by atoms with Crippen molar-refractivity contribution in [2.75, 3.05) is 13.2 Å². The van der Waals surface area contributed by atoms with Crippen LogP contribution in [-0.4, -0.2) is 47.4 Å². The quantitative estimate of drug-likeness (QED) is 0.0420. The fourth-order valence-electron chi connectivity index (χ4n) is 8.35. The van der Waals surface area contributed by atoms with Crippen molar-refractivity contribution in [3.63, 3.8) is 0 Å². The number of rotatable bonds is 49. The van der Waals surface area contributed by atoms with Crippen LogP contribution in [0.1, 0.15) is 296 Å². The van der Waals surface area contributed by atoms with Crippen LogP contribution in [0.4, 0.5) is 0 Å². The third kappa shape index (κ3) is 44.4. The first-order valence-corrected chi connectivity index (χ1v) is 26.3. The lowest BCUT2D eigenvalue weighted by Crippen LogP contribution is -2.45. The minimum absolute atomic E-state index is 0.0224. The molecule has 1 amide bonds. The van der Waals surface area contributed by atoms with Crippen molar-refractivity contribution < 1.29 is 24.5 Å². The summed E-state index contributed by atoms with van der Waals surface area (Å²) in [7, 11) is 0. The van der Waals surface area contributed by atoms with Gasteiger partial charge in [-0.2, -0.15) is 0 Å². The van der Waals surface area contributed by atoms with Gasteiger partial charge in [-0.3, -0.25) is 9.59 Å². The Labute approximate surface area is 362 Å². The molecule has 6 nitrogen and oxygen atoms in total. The van der Waals surface area contributed by atoms with Crippen molar-refractivity contribution in [1.29, 1.82) is 0 Å². The smallest absolute Gasteiger partial charge is 0.305 e. The minimum atomic E-state index is -0.680. The number of hydrogen-bond acceptors (Lipinski definition) is 5. The molecule has 0 fully saturated rings. The number of carbonyl (C=O) groups excluding carboxylic acids is 2. The molecule has 2 unspecified atom stereocenters. The molecule has 0 aliphatic rings. The molecule has 0 aromatic heterocycles. The highest BCUT2D eigenvalue weighted by molar-refractivity contribution is 5.76. The van der Waals surface area contributed by atoms with Gasteiger partial charge in [0.2, 0.25) is 5.91 Å². The summed E-state index contributed by atoms with van der Waals surface area (Å²) in [6.45, 7) is 4.91. The molecule has 0 heterocycles. The largest absolute Gasteiger partial charge is 0.466 e. The molecule has 0 saturated heterocycles. The predicted octanol–water partition coefficient (Wildman–Crippen LogP) is 15.6. The Morgan fingerprint density at radius 1 is 0.414 bits per heavy atom. The van der Waals surface area contributed by atoms with E-state index in [1.807, 2.05) is 0 Å². The lowest BCUT2D eigenvalue weighted by molar-refractivity contribution is -0.143. The molecule has 0 rings (SSSR count). The van der Waals surface area contributed by atoms with Crippen LogP contribution >= 0.6 is 0 Å². The number of ether oxygens (including phenoxy) is 1. The summed E-state index contributed by atoms with van der Waals surface area (Å²) < 4.78 is 5.45. The molecule has 0 aromatic rings. The van der Waals surface area contributed by atoms with E-state index in [0.29, 0.717) is 25.9 Å². The van der Waals surface area contributed by atoms with Gasteiger partial charge >= 0.3 is 5.97 Å². The average molecular weight is 822 g/mol. The Balaban J connectivity index is 3.47. The topological polar surface area (TPSA) is 95.9 Å². The Kier molecular flexibility index (Phi) is 47.6. The molecule has 6 heteroatoms. The molecule has 0 bridgehead atoms. The summed E-state index contributed by atoms with van der Waals surface area (Å²) >= 11 is 0. The second-order valence-electron chi connectivity index (χ2n) is 18.2. The van der Waals surface area contributed by atoms with Gasteiger partial charge in [-0.15, -0.1) is 0 Å². The third-order valence-corrected chi connectivity index (χ3v) is 12.4. The zero-order valence-electron chi connectivity index (χ0n) is 39.3. The predicted molar refractivity (Wildman–Crippen MR) is 250 cm³/mol. The van der Waals surface area contributed by atoms with Gasteiger partial charge in [-0.1, -0.05) is 258 Å². The van der Waals surface area contributed by atoms with Crippen LogP contribution in [0.3, 0.4) is 0 Å². The second-order valence-corrected chi connectivity index (χ2v) is 18.2. The van der Waals surface area contributed by atoms with Gasteiger partial charge in [0.15, 0.2) is 0 Å². The second kappa shape index (κ2) is 48.5. The summed E-state index contributed by atoms with van der Waals surface area (Å²) in [5.74, 6) is -0.0813. The highest BCUT2D eigenvalue weighted by Gasteiger charge is 2.20. The zero-order chi connectivity index (χ0) is 42.3. The Morgan fingerprint density at radius 3 is 1.05 bits per heavy atom. The van der Waals surface area contributed by atoms with Crippen molar-refractivity contribution >= 4 is 11.9 Å². The summed E-state index contributed by atoms with van der Waals surface area (Å²) in [5.41, 5.74) is 0. The average Bonchev–Trinajstić information content (AvgIpc) is 3.22. The summed E-state index contributed by atoms with van der Waals surface area (Å²) in [6, 6.07) is -0.560. The van der Waals surface area contributed by atoms with E-state index in [1.165, 1.54) is 205 Å². The van der Waals surface area contributed by atoms with Crippen LogP contribution in [0, 0.1) is 0 Å². The fraction of sp³-hybridized carbons (Fsp3) is 0.962. The molecular formula is C52H103NO5. The Morgan fingerprint density at radius 2 is 0.707 bits per heavy atom. The molecule has 0 aromatic carbocycles. The Hall–Kier alpha value is -1.14. The van der Waals surface area contributed by atoms with E-state index < -0.39 is 12.1 Å². The summed E-state index contributed by atoms with van der Waals surface area (Å²) in [4.78, 5) is 24.5. The molecule has 0 saturated carbocycles. The SMILES string of the molecule is CCCCCCCCCCCCCCCCCCCCCC(O)C(CO)NC(=O)CCCCCCCCCCCOC(=O)CCCCCCCCCCCCCCC. The molecule has 58 heavy (non-hydrogen) atoms. The fourth-order valence-corrected chi connectivity index (χ4v) is 8.35. The molecule has 0 aliphatic heterocycles.